The van der Waals surface area contributed by atoms with Crippen molar-refractivity contribution in [2.45, 2.75) is 25.4 Å². The predicted octanol–water partition coefficient (Wildman–Crippen LogP) is 2.87. The Morgan fingerprint density at radius 2 is 2.00 bits per heavy atom. The summed E-state index contributed by atoms with van der Waals surface area (Å²) in [7, 11) is 0. The molecule has 0 fully saturated rings. The largest absolute Gasteiger partial charge is 0.486 e. The summed E-state index contributed by atoms with van der Waals surface area (Å²) in [6, 6.07) is 14.1. The molecule has 0 amide bonds. The zero-order valence-electron chi connectivity index (χ0n) is 14.5. The lowest BCUT2D eigenvalue weighted by molar-refractivity contribution is 0.0910. The molecule has 0 spiro atoms. The Hall–Kier alpha value is -2.73. The molecule has 6 nitrogen and oxygen atoms in total. The van der Waals surface area contributed by atoms with Crippen LogP contribution in [-0.2, 0) is 6.42 Å². The molecule has 2 heterocycles. The van der Waals surface area contributed by atoms with E-state index in [4.69, 9.17) is 13.9 Å². The Labute approximate surface area is 151 Å². The van der Waals surface area contributed by atoms with Crippen molar-refractivity contribution in [2.24, 2.45) is 0 Å². The molecule has 136 valence electrons. The Morgan fingerprint density at radius 1 is 1.12 bits per heavy atom. The quantitative estimate of drug-likeness (QED) is 0.638. The van der Waals surface area contributed by atoms with Crippen LogP contribution in [0.5, 0.6) is 11.5 Å². The average Bonchev–Trinajstić information content (AvgIpc) is 3.06. The Morgan fingerprint density at radius 3 is 2.88 bits per heavy atom. The molecule has 2 aromatic carbocycles. The summed E-state index contributed by atoms with van der Waals surface area (Å²) in [6.07, 6.45) is 3.25. The zero-order valence-corrected chi connectivity index (χ0v) is 14.5. The molecule has 0 bridgehead atoms. The summed E-state index contributed by atoms with van der Waals surface area (Å²) in [4.78, 5) is 14.0. The third kappa shape index (κ3) is 3.75. The number of fused-ring (bicyclic) bond motifs is 3. The number of hydrogen-bond donors (Lipinski definition) is 2. The fourth-order valence-corrected chi connectivity index (χ4v) is 3.17. The number of ether oxygens (including phenoxy) is 2. The average molecular weight is 354 g/mol. The highest BCUT2D eigenvalue weighted by Gasteiger charge is 2.25. The normalized spacial score (nSPS) is 16.1. The van der Waals surface area contributed by atoms with E-state index in [-0.39, 0.29) is 6.10 Å². The van der Waals surface area contributed by atoms with Crippen LogP contribution in [0.4, 0.5) is 0 Å². The van der Waals surface area contributed by atoms with Gasteiger partial charge in [-0.05, 0) is 43.5 Å². The molecule has 1 aliphatic heterocycles. The topological polar surface area (TPSA) is 76.5 Å². The standard InChI is InChI=1S/C20H22N2O4/c23-20-22-16-9-10-17-19(18(16)26-20)25-15(13-24-17)12-21-11-5-4-8-14-6-2-1-3-7-14/h1-3,6-7,9-10,15,21H,4-5,8,11-13H2,(H,22,23). The molecule has 0 saturated heterocycles. The molecule has 0 saturated carbocycles. The molecule has 3 aromatic rings. The third-order valence-corrected chi connectivity index (χ3v) is 4.50. The van der Waals surface area contributed by atoms with Gasteiger partial charge < -0.3 is 19.2 Å². The highest BCUT2D eigenvalue weighted by atomic mass is 16.6. The highest BCUT2D eigenvalue weighted by molar-refractivity contribution is 5.82. The third-order valence-electron chi connectivity index (χ3n) is 4.50. The van der Waals surface area contributed by atoms with Crippen molar-refractivity contribution >= 4 is 11.1 Å². The van der Waals surface area contributed by atoms with Gasteiger partial charge in [0.25, 0.3) is 0 Å². The van der Waals surface area contributed by atoms with E-state index >= 15 is 0 Å². The number of rotatable bonds is 7. The fourth-order valence-electron chi connectivity index (χ4n) is 3.17. The van der Waals surface area contributed by atoms with Crippen LogP contribution in [-0.4, -0.2) is 30.8 Å². The number of nitrogens with one attached hydrogen (secondary N) is 2. The number of benzene rings is 2. The van der Waals surface area contributed by atoms with Gasteiger partial charge in [0.05, 0.1) is 5.52 Å². The first-order valence-electron chi connectivity index (χ1n) is 8.99. The zero-order chi connectivity index (χ0) is 17.8. The van der Waals surface area contributed by atoms with E-state index in [0.717, 1.165) is 25.8 Å². The van der Waals surface area contributed by atoms with Crippen LogP contribution in [0.2, 0.25) is 0 Å². The maximum Gasteiger partial charge on any atom is 0.417 e. The molecule has 0 aliphatic carbocycles. The van der Waals surface area contributed by atoms with E-state index in [1.807, 2.05) is 6.07 Å². The maximum atomic E-state index is 11.4. The van der Waals surface area contributed by atoms with Gasteiger partial charge in [-0.2, -0.15) is 0 Å². The number of unbranched alkanes of at least 4 members (excludes halogenated alkanes) is 1. The summed E-state index contributed by atoms with van der Waals surface area (Å²) < 4.78 is 16.9. The van der Waals surface area contributed by atoms with Gasteiger partial charge in [0, 0.05) is 6.54 Å². The molecule has 4 rings (SSSR count). The van der Waals surface area contributed by atoms with E-state index in [9.17, 15) is 4.79 Å². The van der Waals surface area contributed by atoms with Gasteiger partial charge in [0.1, 0.15) is 12.7 Å². The lowest BCUT2D eigenvalue weighted by Crippen LogP contribution is -2.38. The number of H-pyrrole nitrogens is 1. The molecular weight excluding hydrogens is 332 g/mol. The van der Waals surface area contributed by atoms with Crippen LogP contribution < -0.4 is 20.5 Å². The van der Waals surface area contributed by atoms with Gasteiger partial charge in [-0.15, -0.1) is 0 Å². The first-order valence-corrected chi connectivity index (χ1v) is 8.99. The van der Waals surface area contributed by atoms with Crippen LogP contribution in [0.3, 0.4) is 0 Å². The van der Waals surface area contributed by atoms with E-state index in [0.29, 0.717) is 35.8 Å². The molecule has 0 radical (unpaired) electrons. The summed E-state index contributed by atoms with van der Waals surface area (Å²) in [5.41, 5.74) is 2.41. The second-order valence-electron chi connectivity index (χ2n) is 6.48. The van der Waals surface area contributed by atoms with Crippen molar-refractivity contribution in [1.82, 2.24) is 10.3 Å². The predicted molar refractivity (Wildman–Crippen MR) is 99.0 cm³/mol. The van der Waals surface area contributed by atoms with E-state index in [2.05, 4.69) is 34.6 Å². The SMILES string of the molecule is O=c1[nH]c2ccc3c(c2o1)OC(CNCCCCc1ccccc1)CO3. The van der Waals surface area contributed by atoms with Crippen LogP contribution in [0.25, 0.3) is 11.1 Å². The molecule has 1 atom stereocenters. The fraction of sp³-hybridized carbons (Fsp3) is 0.350. The van der Waals surface area contributed by atoms with Crippen molar-refractivity contribution in [1.29, 1.82) is 0 Å². The number of aromatic nitrogens is 1. The minimum atomic E-state index is -0.490. The van der Waals surface area contributed by atoms with Gasteiger partial charge in [-0.1, -0.05) is 30.3 Å². The summed E-state index contributed by atoms with van der Waals surface area (Å²) in [6.45, 7) is 2.10. The second kappa shape index (κ2) is 7.66. The van der Waals surface area contributed by atoms with Gasteiger partial charge in [-0.25, -0.2) is 4.79 Å². The first-order chi connectivity index (χ1) is 12.8. The molecule has 26 heavy (non-hydrogen) atoms. The molecular formula is C20H22N2O4. The van der Waals surface area contributed by atoms with Gasteiger partial charge in [0.15, 0.2) is 5.75 Å². The lowest BCUT2D eigenvalue weighted by atomic mass is 10.1. The van der Waals surface area contributed by atoms with Crippen molar-refractivity contribution < 1.29 is 13.9 Å². The Balaban J connectivity index is 1.24. The molecule has 1 aliphatic rings. The number of aromatic amines is 1. The van der Waals surface area contributed by atoms with Crippen molar-refractivity contribution in [3.63, 3.8) is 0 Å². The first kappa shape index (κ1) is 16.7. The monoisotopic (exact) mass is 354 g/mol. The summed E-state index contributed by atoms with van der Waals surface area (Å²) in [5, 5.41) is 3.42. The van der Waals surface area contributed by atoms with Gasteiger partial charge in [-0.3, -0.25) is 4.98 Å². The summed E-state index contributed by atoms with van der Waals surface area (Å²) >= 11 is 0. The minimum Gasteiger partial charge on any atom is -0.486 e. The molecule has 6 heteroatoms. The number of hydrogen-bond acceptors (Lipinski definition) is 5. The highest BCUT2D eigenvalue weighted by Crippen LogP contribution is 2.37. The molecule has 2 N–H and O–H groups in total. The minimum absolute atomic E-state index is 0.109. The summed E-state index contributed by atoms with van der Waals surface area (Å²) in [5.74, 6) is 0.623. The van der Waals surface area contributed by atoms with E-state index in [1.165, 1.54) is 5.56 Å². The second-order valence-corrected chi connectivity index (χ2v) is 6.48. The maximum absolute atomic E-state index is 11.4. The van der Waals surface area contributed by atoms with Crippen molar-refractivity contribution in [2.75, 3.05) is 19.7 Å². The Bertz CT molecular complexity index is 916. The molecule has 1 unspecified atom stereocenters. The number of oxazole rings is 1. The smallest absolute Gasteiger partial charge is 0.417 e. The van der Waals surface area contributed by atoms with Gasteiger partial charge >= 0.3 is 5.76 Å². The van der Waals surface area contributed by atoms with E-state index in [1.54, 1.807) is 12.1 Å². The number of aryl methyl sites for hydroxylation is 1. The molecule has 1 aromatic heterocycles. The van der Waals surface area contributed by atoms with Crippen molar-refractivity contribution in [3.05, 3.63) is 58.6 Å². The lowest BCUT2D eigenvalue weighted by Gasteiger charge is -2.26. The Kier molecular flexibility index (Phi) is 4.93. The van der Waals surface area contributed by atoms with Crippen LogP contribution in [0.15, 0.2) is 51.7 Å². The van der Waals surface area contributed by atoms with Gasteiger partial charge in [0.2, 0.25) is 11.3 Å². The van der Waals surface area contributed by atoms with E-state index < -0.39 is 5.76 Å². The van der Waals surface area contributed by atoms with Crippen molar-refractivity contribution in [3.8, 4) is 11.5 Å². The van der Waals surface area contributed by atoms with Crippen LogP contribution in [0.1, 0.15) is 18.4 Å². The van der Waals surface area contributed by atoms with Crippen LogP contribution >= 0.6 is 0 Å². The van der Waals surface area contributed by atoms with Crippen LogP contribution in [0, 0.1) is 0 Å².